The monoisotopic (exact) mass is 445 g/mol. The van der Waals surface area contributed by atoms with E-state index in [0.717, 1.165) is 43.6 Å². The summed E-state index contributed by atoms with van der Waals surface area (Å²) in [5.41, 5.74) is 10.1. The molecule has 1 aliphatic heterocycles. The van der Waals surface area contributed by atoms with Gasteiger partial charge in [-0.2, -0.15) is 0 Å². The maximum atomic E-state index is 13.1. The normalized spacial score (nSPS) is 18.0. The van der Waals surface area contributed by atoms with Crippen molar-refractivity contribution in [2.24, 2.45) is 5.41 Å². The maximum absolute atomic E-state index is 13.1. The molecule has 2 aromatic heterocycles. The van der Waals surface area contributed by atoms with E-state index in [2.05, 4.69) is 11.0 Å². The van der Waals surface area contributed by atoms with E-state index in [0.29, 0.717) is 29.6 Å². The van der Waals surface area contributed by atoms with Crippen LogP contribution in [0.25, 0.3) is 11.6 Å². The molecule has 2 N–H and O–H groups in total. The summed E-state index contributed by atoms with van der Waals surface area (Å²) in [6, 6.07) is 14.5. The standard InChI is InChI=1S/C27H28FN3O2/c28-22-15-27(16-22)17-30(18-27)10-3-4-20-8-6-19(12-24(20)29)7-9-25(32)21-13-23-5-1-2-11-31(23)26(33)14-21/h1-6,8,11-14,22H,7,9-10,15-18,29H2/b4-3+. The van der Waals surface area contributed by atoms with E-state index in [1.807, 2.05) is 36.4 Å². The number of carbonyl (C=O) groups is 1. The van der Waals surface area contributed by atoms with Crippen molar-refractivity contribution in [2.75, 3.05) is 25.4 Å². The zero-order valence-electron chi connectivity index (χ0n) is 18.5. The fraction of sp³-hybridized carbons (Fsp3) is 0.333. The van der Waals surface area contributed by atoms with Crippen LogP contribution in [0.5, 0.6) is 0 Å². The number of nitrogens with two attached hydrogens (primary N) is 1. The van der Waals surface area contributed by atoms with Crippen molar-refractivity contribution >= 4 is 23.1 Å². The van der Waals surface area contributed by atoms with Crippen LogP contribution in [0, 0.1) is 5.41 Å². The third-order valence-electron chi connectivity index (χ3n) is 6.91. The van der Waals surface area contributed by atoms with E-state index in [1.165, 1.54) is 10.5 Å². The topological polar surface area (TPSA) is 67.8 Å². The first-order chi connectivity index (χ1) is 15.9. The first kappa shape index (κ1) is 21.6. The fourth-order valence-corrected chi connectivity index (χ4v) is 5.17. The zero-order chi connectivity index (χ0) is 23.0. The molecule has 3 aromatic rings. The summed E-state index contributed by atoms with van der Waals surface area (Å²) < 4.78 is 14.6. The number of carbonyl (C=O) groups excluding carboxylic acids is 1. The predicted molar refractivity (Wildman–Crippen MR) is 129 cm³/mol. The van der Waals surface area contributed by atoms with Crippen LogP contribution in [0.3, 0.4) is 0 Å². The Hall–Kier alpha value is -3.25. The van der Waals surface area contributed by atoms with Gasteiger partial charge in [0.25, 0.3) is 5.56 Å². The second kappa shape index (κ2) is 8.60. The van der Waals surface area contributed by atoms with E-state index in [4.69, 9.17) is 5.73 Å². The number of benzene rings is 1. The van der Waals surface area contributed by atoms with Gasteiger partial charge in [-0.1, -0.05) is 30.4 Å². The molecule has 170 valence electrons. The van der Waals surface area contributed by atoms with Gasteiger partial charge >= 0.3 is 0 Å². The van der Waals surface area contributed by atoms with Crippen LogP contribution in [0.15, 0.2) is 65.6 Å². The highest BCUT2D eigenvalue weighted by molar-refractivity contribution is 5.97. The molecule has 2 fully saturated rings. The van der Waals surface area contributed by atoms with Crippen molar-refractivity contribution in [3.63, 3.8) is 0 Å². The van der Waals surface area contributed by atoms with Crippen molar-refractivity contribution < 1.29 is 9.18 Å². The Morgan fingerprint density at radius 1 is 1.15 bits per heavy atom. The molecule has 3 heterocycles. The molecular formula is C27H28FN3O2. The number of nitrogens with zero attached hydrogens (tertiary/aromatic N) is 2. The number of alkyl halides is 1. The largest absolute Gasteiger partial charge is 0.398 e. The van der Waals surface area contributed by atoms with Crippen LogP contribution in [-0.2, 0) is 6.42 Å². The second-order valence-electron chi connectivity index (χ2n) is 9.54. The van der Waals surface area contributed by atoms with Crippen molar-refractivity contribution in [1.29, 1.82) is 0 Å². The fourth-order valence-electron chi connectivity index (χ4n) is 5.17. The van der Waals surface area contributed by atoms with Crippen LogP contribution in [0.1, 0.15) is 40.7 Å². The second-order valence-corrected chi connectivity index (χ2v) is 9.54. The minimum absolute atomic E-state index is 0.0566. The van der Waals surface area contributed by atoms with E-state index < -0.39 is 6.17 Å². The summed E-state index contributed by atoms with van der Waals surface area (Å²) in [4.78, 5) is 27.3. The van der Waals surface area contributed by atoms with Crippen LogP contribution < -0.4 is 11.3 Å². The Bertz CT molecular complexity index is 1280. The Labute approximate surface area is 192 Å². The summed E-state index contributed by atoms with van der Waals surface area (Å²) in [7, 11) is 0. The van der Waals surface area contributed by atoms with Crippen molar-refractivity contribution in [2.45, 2.75) is 31.9 Å². The van der Waals surface area contributed by atoms with Gasteiger partial charge in [-0.25, -0.2) is 4.39 Å². The molecule has 0 bridgehead atoms. The first-order valence-electron chi connectivity index (χ1n) is 11.5. The summed E-state index contributed by atoms with van der Waals surface area (Å²) in [6.07, 6.45) is 7.55. The Kier molecular flexibility index (Phi) is 5.62. The van der Waals surface area contributed by atoms with Gasteiger partial charge in [0.1, 0.15) is 6.17 Å². The number of Topliss-reactive ketones (excluding diaryl/α,β-unsaturated/α-hetero) is 1. The molecule has 6 heteroatoms. The van der Waals surface area contributed by atoms with Gasteiger partial charge in [-0.05, 0) is 54.7 Å². The molecule has 1 aliphatic carbocycles. The number of ketones is 1. The molecule has 0 radical (unpaired) electrons. The SMILES string of the molecule is Nc1cc(CCC(=O)c2cc(=O)n3ccccc3c2)ccc1/C=C/CN1CC2(CC(F)C2)C1. The lowest BCUT2D eigenvalue weighted by Crippen LogP contribution is -2.62. The molecule has 1 aromatic carbocycles. The predicted octanol–water partition coefficient (Wildman–Crippen LogP) is 4.14. The number of fused-ring (bicyclic) bond motifs is 1. The summed E-state index contributed by atoms with van der Waals surface area (Å²) >= 11 is 0. The smallest absolute Gasteiger partial charge is 0.255 e. The number of nitrogen functional groups attached to an aromatic ring is 1. The van der Waals surface area contributed by atoms with Gasteiger partial charge in [0.05, 0.1) is 0 Å². The molecule has 1 spiro atoms. The molecule has 5 nitrogen and oxygen atoms in total. The van der Waals surface area contributed by atoms with Crippen molar-refractivity contribution in [3.05, 3.63) is 87.8 Å². The molecule has 0 unspecified atom stereocenters. The average Bonchev–Trinajstić information content (AvgIpc) is 2.76. The molecule has 33 heavy (non-hydrogen) atoms. The van der Waals surface area contributed by atoms with Crippen LogP contribution >= 0.6 is 0 Å². The highest BCUT2D eigenvalue weighted by Gasteiger charge is 2.52. The third-order valence-corrected chi connectivity index (χ3v) is 6.91. The minimum Gasteiger partial charge on any atom is -0.398 e. The molecule has 2 aliphatic rings. The first-order valence-corrected chi connectivity index (χ1v) is 11.5. The molecule has 5 rings (SSSR count). The van der Waals surface area contributed by atoms with E-state index in [1.54, 1.807) is 18.3 Å². The van der Waals surface area contributed by atoms with Crippen LogP contribution in [0.4, 0.5) is 10.1 Å². The number of hydrogen-bond donors (Lipinski definition) is 1. The van der Waals surface area contributed by atoms with Gasteiger partial charge < -0.3 is 5.73 Å². The van der Waals surface area contributed by atoms with Gasteiger partial charge in [0.15, 0.2) is 5.78 Å². The highest BCUT2D eigenvalue weighted by Crippen LogP contribution is 2.49. The quantitative estimate of drug-likeness (QED) is 0.438. The van der Waals surface area contributed by atoms with E-state index in [-0.39, 0.29) is 16.8 Å². The molecule has 1 saturated carbocycles. The zero-order valence-corrected chi connectivity index (χ0v) is 18.5. The summed E-state index contributed by atoms with van der Waals surface area (Å²) in [6.45, 7) is 2.83. The van der Waals surface area contributed by atoms with Gasteiger partial charge in [-0.15, -0.1) is 0 Å². The summed E-state index contributed by atoms with van der Waals surface area (Å²) in [5, 5.41) is 0. The van der Waals surface area contributed by atoms with Gasteiger partial charge in [-0.3, -0.25) is 18.9 Å². The van der Waals surface area contributed by atoms with E-state index >= 15 is 0 Å². The number of halogens is 1. The van der Waals surface area contributed by atoms with E-state index in [9.17, 15) is 14.0 Å². The maximum Gasteiger partial charge on any atom is 0.255 e. The van der Waals surface area contributed by atoms with Gasteiger partial charge in [0.2, 0.25) is 0 Å². The number of hydrogen-bond acceptors (Lipinski definition) is 4. The molecular weight excluding hydrogens is 417 g/mol. The van der Waals surface area contributed by atoms with Crippen LogP contribution in [-0.4, -0.2) is 40.9 Å². The molecule has 1 saturated heterocycles. The lowest BCUT2D eigenvalue weighted by molar-refractivity contribution is -0.0968. The van der Waals surface area contributed by atoms with Crippen molar-refractivity contribution in [1.82, 2.24) is 9.30 Å². The number of aromatic nitrogens is 1. The molecule has 0 atom stereocenters. The van der Waals surface area contributed by atoms with Gasteiger partial charge in [0, 0.05) is 60.5 Å². The average molecular weight is 446 g/mol. The van der Waals surface area contributed by atoms with Crippen molar-refractivity contribution in [3.8, 4) is 0 Å². The number of likely N-dealkylation sites (tertiary alicyclic amines) is 1. The lowest BCUT2D eigenvalue weighted by atomic mass is 9.62. The third kappa shape index (κ3) is 4.48. The molecule has 0 amide bonds. The Morgan fingerprint density at radius 3 is 2.73 bits per heavy atom. The Balaban J connectivity index is 1.15. The number of rotatable bonds is 7. The minimum atomic E-state index is -0.591. The number of anilines is 1. The number of aryl methyl sites for hydroxylation is 1. The lowest BCUT2D eigenvalue weighted by Gasteiger charge is -2.57. The van der Waals surface area contributed by atoms with Crippen LogP contribution in [0.2, 0.25) is 0 Å². The summed E-state index contributed by atoms with van der Waals surface area (Å²) in [5.74, 6) is -0.0566. The number of pyridine rings is 2. The Morgan fingerprint density at radius 2 is 1.97 bits per heavy atom. The highest BCUT2D eigenvalue weighted by atomic mass is 19.1.